The van der Waals surface area contributed by atoms with Gasteiger partial charge in [0, 0.05) is 18.2 Å². The van der Waals surface area contributed by atoms with Gasteiger partial charge >= 0.3 is 7.32 Å². The van der Waals surface area contributed by atoms with Gasteiger partial charge in [-0.15, -0.1) is 0 Å². The maximum atomic E-state index is 14.3. The highest BCUT2D eigenvalue weighted by Crippen LogP contribution is 2.28. The van der Waals surface area contributed by atoms with Crippen molar-refractivity contribution in [1.82, 2.24) is 0 Å². The third-order valence-corrected chi connectivity index (χ3v) is 4.31. The highest BCUT2D eigenvalue weighted by atomic mass is 19.1. The molecule has 0 amide bonds. The number of halogens is 3. The molecule has 0 N–H and O–H groups in total. The Labute approximate surface area is 196 Å². The molecule has 0 aromatic heterocycles. The standard InChI is InChI=1S/C24H24BF3O6/c1-4-29-22-10-7-16(13-19(22)26)32-25(33-17-8-11-23(30-5-2)20(27)14-17)34-18-9-12-24(31-6-3)21(28)15-18/h7-15H,4-6H2,1-3H3. The van der Waals surface area contributed by atoms with Crippen LogP contribution in [0, 0.1) is 17.5 Å². The van der Waals surface area contributed by atoms with Gasteiger partial charge in [0.2, 0.25) is 0 Å². The first-order valence-electron chi connectivity index (χ1n) is 10.7. The van der Waals surface area contributed by atoms with E-state index in [1.807, 2.05) is 0 Å². The van der Waals surface area contributed by atoms with E-state index in [1.54, 1.807) is 20.8 Å². The molecule has 3 aromatic carbocycles. The highest BCUT2D eigenvalue weighted by molar-refractivity contribution is 6.39. The van der Waals surface area contributed by atoms with Crippen LogP contribution in [0.4, 0.5) is 13.2 Å². The van der Waals surface area contributed by atoms with Crippen molar-refractivity contribution in [3.05, 3.63) is 72.0 Å². The molecule has 6 nitrogen and oxygen atoms in total. The van der Waals surface area contributed by atoms with E-state index in [2.05, 4.69) is 0 Å². The Bertz CT molecular complexity index is 962. The quantitative estimate of drug-likeness (QED) is 0.307. The molecule has 3 aromatic rings. The summed E-state index contributed by atoms with van der Waals surface area (Å²) in [6, 6.07) is 11.8. The highest BCUT2D eigenvalue weighted by Gasteiger charge is 2.31. The van der Waals surface area contributed by atoms with Crippen molar-refractivity contribution in [2.45, 2.75) is 20.8 Å². The van der Waals surface area contributed by atoms with Crippen molar-refractivity contribution in [2.75, 3.05) is 19.8 Å². The summed E-state index contributed by atoms with van der Waals surface area (Å²) in [7, 11) is -1.52. The molecule has 0 aliphatic rings. The average Bonchev–Trinajstić information content (AvgIpc) is 2.79. The smallest absolute Gasteiger partial charge is 0.491 e. The topological polar surface area (TPSA) is 55.4 Å². The Morgan fingerprint density at radius 2 is 0.824 bits per heavy atom. The van der Waals surface area contributed by atoms with Gasteiger partial charge in [-0.1, -0.05) is 0 Å². The molecule has 0 atom stereocenters. The van der Waals surface area contributed by atoms with E-state index in [4.69, 9.17) is 28.2 Å². The summed E-state index contributed by atoms with van der Waals surface area (Å²) in [5, 5.41) is 0. The molecule has 0 fully saturated rings. The minimum Gasteiger partial charge on any atom is -0.491 e. The van der Waals surface area contributed by atoms with Crippen LogP contribution in [-0.2, 0) is 0 Å². The average molecular weight is 476 g/mol. The van der Waals surface area contributed by atoms with Gasteiger partial charge in [0.05, 0.1) is 19.8 Å². The summed E-state index contributed by atoms with van der Waals surface area (Å²) in [6.45, 7) is 6.06. The number of ether oxygens (including phenoxy) is 3. The monoisotopic (exact) mass is 476 g/mol. The molecule has 0 saturated heterocycles. The SMILES string of the molecule is CCOc1ccc(OB(Oc2ccc(OCC)c(F)c2)Oc2ccc(OCC)c(F)c2)cc1F. The van der Waals surface area contributed by atoms with E-state index in [0.717, 1.165) is 18.2 Å². The van der Waals surface area contributed by atoms with Crippen LogP contribution in [0.1, 0.15) is 20.8 Å². The third kappa shape index (κ3) is 6.66. The van der Waals surface area contributed by atoms with Gasteiger partial charge in [-0.2, -0.15) is 0 Å². The van der Waals surface area contributed by atoms with Crippen LogP contribution in [0.15, 0.2) is 54.6 Å². The van der Waals surface area contributed by atoms with Gasteiger partial charge in [0.15, 0.2) is 34.7 Å². The Balaban J connectivity index is 1.84. The van der Waals surface area contributed by atoms with Crippen LogP contribution in [0.25, 0.3) is 0 Å². The second-order valence-electron chi connectivity index (χ2n) is 6.72. The zero-order chi connectivity index (χ0) is 24.5. The van der Waals surface area contributed by atoms with Crippen LogP contribution in [-0.4, -0.2) is 27.1 Å². The fourth-order valence-corrected chi connectivity index (χ4v) is 2.89. The van der Waals surface area contributed by atoms with Crippen LogP contribution in [0.2, 0.25) is 0 Å². The Hall–Kier alpha value is -3.69. The molecule has 0 spiro atoms. The number of hydrogen-bond acceptors (Lipinski definition) is 6. The molecule has 0 aliphatic heterocycles. The Kier molecular flexibility index (Phi) is 8.78. The van der Waals surface area contributed by atoms with Crippen molar-refractivity contribution in [1.29, 1.82) is 0 Å². The first-order chi connectivity index (χ1) is 16.4. The molecule has 180 valence electrons. The van der Waals surface area contributed by atoms with Crippen molar-refractivity contribution >= 4 is 7.32 Å². The lowest BCUT2D eigenvalue weighted by atomic mass is 10.1. The van der Waals surface area contributed by atoms with Gasteiger partial charge in [-0.05, 0) is 57.2 Å². The van der Waals surface area contributed by atoms with Gasteiger partial charge in [-0.3, -0.25) is 0 Å². The van der Waals surface area contributed by atoms with E-state index in [9.17, 15) is 13.2 Å². The van der Waals surface area contributed by atoms with Crippen molar-refractivity contribution < 1.29 is 41.3 Å². The molecule has 10 heteroatoms. The number of rotatable bonds is 12. The lowest BCUT2D eigenvalue weighted by molar-refractivity contribution is 0.296. The molecular formula is C24H24BF3O6. The van der Waals surface area contributed by atoms with Crippen LogP contribution >= 0.6 is 0 Å². The maximum absolute atomic E-state index is 14.3. The fourth-order valence-electron chi connectivity index (χ4n) is 2.89. The molecule has 34 heavy (non-hydrogen) atoms. The molecule has 0 radical (unpaired) electrons. The van der Waals surface area contributed by atoms with Gasteiger partial charge in [0.1, 0.15) is 17.2 Å². The summed E-state index contributed by atoms with van der Waals surface area (Å²) in [5.41, 5.74) is 0. The molecule has 3 rings (SSSR count). The lowest BCUT2D eigenvalue weighted by Gasteiger charge is -2.18. The molecule has 0 unspecified atom stereocenters. The molecular weight excluding hydrogens is 452 g/mol. The van der Waals surface area contributed by atoms with Crippen LogP contribution < -0.4 is 28.2 Å². The minimum absolute atomic E-state index is 0.0452. The van der Waals surface area contributed by atoms with E-state index in [-0.39, 0.29) is 34.5 Å². The first-order valence-corrected chi connectivity index (χ1v) is 10.7. The second-order valence-corrected chi connectivity index (χ2v) is 6.72. The molecule has 0 heterocycles. The van der Waals surface area contributed by atoms with Gasteiger partial charge < -0.3 is 28.2 Å². The summed E-state index contributed by atoms with van der Waals surface area (Å²) in [6.07, 6.45) is 0. The van der Waals surface area contributed by atoms with Crippen LogP contribution in [0.3, 0.4) is 0 Å². The summed E-state index contributed by atoms with van der Waals surface area (Å²) >= 11 is 0. The predicted octanol–water partition coefficient (Wildman–Crippen LogP) is 5.82. The maximum Gasteiger partial charge on any atom is 0.864 e. The molecule has 0 saturated carbocycles. The first kappa shape index (κ1) is 24.9. The van der Waals surface area contributed by atoms with E-state index < -0.39 is 24.8 Å². The van der Waals surface area contributed by atoms with Gasteiger partial charge in [0.25, 0.3) is 0 Å². The number of benzene rings is 3. The zero-order valence-electron chi connectivity index (χ0n) is 19.0. The largest absolute Gasteiger partial charge is 0.864 e. The second kappa shape index (κ2) is 12.0. The lowest BCUT2D eigenvalue weighted by Crippen LogP contribution is -2.37. The summed E-state index contributed by atoms with van der Waals surface area (Å²) < 4.78 is 75.2. The van der Waals surface area contributed by atoms with Crippen molar-refractivity contribution in [2.24, 2.45) is 0 Å². The summed E-state index contributed by atoms with van der Waals surface area (Å²) in [4.78, 5) is 0. The predicted molar refractivity (Wildman–Crippen MR) is 120 cm³/mol. The Morgan fingerprint density at radius 3 is 1.06 bits per heavy atom. The summed E-state index contributed by atoms with van der Waals surface area (Å²) in [5.74, 6) is -1.68. The molecule has 0 bridgehead atoms. The van der Waals surface area contributed by atoms with Crippen molar-refractivity contribution in [3.63, 3.8) is 0 Å². The van der Waals surface area contributed by atoms with E-state index in [1.165, 1.54) is 36.4 Å². The molecule has 0 aliphatic carbocycles. The van der Waals surface area contributed by atoms with E-state index in [0.29, 0.717) is 19.8 Å². The fraction of sp³-hybridized carbons (Fsp3) is 0.250. The van der Waals surface area contributed by atoms with Gasteiger partial charge in [-0.25, -0.2) is 13.2 Å². The third-order valence-electron chi connectivity index (χ3n) is 4.31. The van der Waals surface area contributed by atoms with Crippen LogP contribution in [0.5, 0.6) is 34.5 Å². The normalized spacial score (nSPS) is 10.4. The van der Waals surface area contributed by atoms with E-state index >= 15 is 0 Å². The number of hydrogen-bond donors (Lipinski definition) is 0. The minimum atomic E-state index is -1.52. The zero-order valence-corrected chi connectivity index (χ0v) is 19.0. The Morgan fingerprint density at radius 1 is 0.529 bits per heavy atom. The van der Waals surface area contributed by atoms with Crippen molar-refractivity contribution in [3.8, 4) is 34.5 Å².